The van der Waals surface area contributed by atoms with E-state index in [9.17, 15) is 0 Å². The van der Waals surface area contributed by atoms with Crippen molar-refractivity contribution >= 4 is 5.57 Å². The summed E-state index contributed by atoms with van der Waals surface area (Å²) in [7, 11) is 0. The van der Waals surface area contributed by atoms with Crippen molar-refractivity contribution in [3.05, 3.63) is 66.4 Å². The summed E-state index contributed by atoms with van der Waals surface area (Å²) in [4.78, 5) is 0. The molecule has 1 rings (SSSR count). The first-order chi connectivity index (χ1) is 6.74. The van der Waals surface area contributed by atoms with Crippen LogP contribution in [0.1, 0.15) is 12.5 Å². The molecule has 0 heterocycles. The van der Waals surface area contributed by atoms with Crippen LogP contribution in [0.4, 0.5) is 0 Å². The fourth-order valence-corrected chi connectivity index (χ4v) is 1.04. The summed E-state index contributed by atoms with van der Waals surface area (Å²) >= 11 is 0. The van der Waals surface area contributed by atoms with Gasteiger partial charge in [-0.05, 0) is 24.1 Å². The maximum absolute atomic E-state index is 5.63. The van der Waals surface area contributed by atoms with Gasteiger partial charge in [0.05, 0.1) is 0 Å². The van der Waals surface area contributed by atoms with E-state index in [-0.39, 0.29) is 0 Å². The van der Waals surface area contributed by atoms with Crippen molar-refractivity contribution in [3.63, 3.8) is 0 Å². The molecule has 0 bridgehead atoms. The Morgan fingerprint density at radius 1 is 1.21 bits per heavy atom. The zero-order valence-electron chi connectivity index (χ0n) is 8.40. The quantitative estimate of drug-likeness (QED) is 0.719. The maximum atomic E-state index is 5.63. The normalized spacial score (nSPS) is 11.9. The smallest absolute Gasteiger partial charge is 0.0270 e. The van der Waals surface area contributed by atoms with Crippen molar-refractivity contribution in [2.75, 3.05) is 0 Å². The molecule has 0 amide bonds. The van der Waals surface area contributed by atoms with Gasteiger partial charge in [-0.2, -0.15) is 0 Å². The lowest BCUT2D eigenvalue weighted by Gasteiger charge is -1.98. The van der Waals surface area contributed by atoms with Gasteiger partial charge in [0.1, 0.15) is 0 Å². The third-order valence-corrected chi connectivity index (χ3v) is 1.95. The second-order valence-corrected chi connectivity index (χ2v) is 3.01. The van der Waals surface area contributed by atoms with Crippen molar-refractivity contribution in [2.24, 2.45) is 5.73 Å². The Kier molecular flexibility index (Phi) is 3.74. The monoisotopic (exact) mass is 185 g/mol. The zero-order chi connectivity index (χ0) is 10.4. The van der Waals surface area contributed by atoms with Gasteiger partial charge in [0.15, 0.2) is 0 Å². The van der Waals surface area contributed by atoms with Crippen molar-refractivity contribution in [2.45, 2.75) is 6.92 Å². The second-order valence-electron chi connectivity index (χ2n) is 3.01. The molecule has 0 unspecified atom stereocenters. The van der Waals surface area contributed by atoms with Crippen LogP contribution >= 0.6 is 0 Å². The van der Waals surface area contributed by atoms with Crippen molar-refractivity contribution in [1.29, 1.82) is 0 Å². The molecule has 0 atom stereocenters. The molecule has 0 aromatic heterocycles. The highest BCUT2D eigenvalue weighted by atomic mass is 14.5. The minimum atomic E-state index is 0.752. The molecule has 1 nitrogen and oxygen atoms in total. The second kappa shape index (κ2) is 5.07. The summed E-state index contributed by atoms with van der Waals surface area (Å²) in [5.74, 6) is 0. The molecule has 14 heavy (non-hydrogen) atoms. The summed E-state index contributed by atoms with van der Waals surface area (Å²) in [5.41, 5.74) is 8.47. The number of allylic oxidation sites excluding steroid dienone is 4. The minimum Gasteiger partial charge on any atom is -0.399 e. The van der Waals surface area contributed by atoms with Gasteiger partial charge in [0, 0.05) is 5.70 Å². The van der Waals surface area contributed by atoms with Crippen molar-refractivity contribution in [1.82, 2.24) is 0 Å². The zero-order valence-corrected chi connectivity index (χ0v) is 8.40. The van der Waals surface area contributed by atoms with Crippen LogP contribution in [0.15, 0.2) is 60.8 Å². The highest BCUT2D eigenvalue weighted by molar-refractivity contribution is 5.72. The summed E-state index contributed by atoms with van der Waals surface area (Å²) in [6.45, 7) is 5.87. The molecular formula is C13H15N. The molecule has 1 aromatic rings. The van der Waals surface area contributed by atoms with E-state index in [0.717, 1.165) is 16.8 Å². The third kappa shape index (κ3) is 2.94. The maximum Gasteiger partial charge on any atom is 0.0270 e. The van der Waals surface area contributed by atoms with Crippen LogP contribution in [0.3, 0.4) is 0 Å². The van der Waals surface area contributed by atoms with Gasteiger partial charge < -0.3 is 5.73 Å². The van der Waals surface area contributed by atoms with Gasteiger partial charge >= 0.3 is 0 Å². The summed E-state index contributed by atoms with van der Waals surface area (Å²) in [6, 6.07) is 10.0. The molecule has 0 aliphatic heterocycles. The molecule has 0 saturated heterocycles. The van der Waals surface area contributed by atoms with E-state index in [1.54, 1.807) is 0 Å². The molecular weight excluding hydrogens is 170 g/mol. The Bertz CT molecular complexity index is 358. The molecule has 0 spiro atoms. The van der Waals surface area contributed by atoms with Crippen molar-refractivity contribution in [3.8, 4) is 0 Å². The van der Waals surface area contributed by atoms with Gasteiger partial charge in [-0.15, -0.1) is 0 Å². The number of benzene rings is 1. The number of nitrogens with two attached hydrogens (primary N) is 1. The first-order valence-corrected chi connectivity index (χ1v) is 4.58. The minimum absolute atomic E-state index is 0.752. The lowest BCUT2D eigenvalue weighted by atomic mass is 10.1. The molecule has 0 aliphatic carbocycles. The number of hydrogen-bond donors (Lipinski definition) is 1. The Morgan fingerprint density at radius 3 is 2.43 bits per heavy atom. The fraction of sp³-hybridized carbons (Fsp3) is 0.0769. The van der Waals surface area contributed by atoms with Crippen LogP contribution in [0.25, 0.3) is 5.57 Å². The van der Waals surface area contributed by atoms with E-state index in [0.29, 0.717) is 0 Å². The molecule has 1 heteroatoms. The lowest BCUT2D eigenvalue weighted by molar-refractivity contribution is 1.40. The van der Waals surface area contributed by atoms with Crippen LogP contribution in [0.5, 0.6) is 0 Å². The van der Waals surface area contributed by atoms with Gasteiger partial charge in [-0.25, -0.2) is 0 Å². The number of rotatable bonds is 3. The van der Waals surface area contributed by atoms with E-state index in [1.807, 2.05) is 55.5 Å². The lowest BCUT2D eigenvalue weighted by Crippen LogP contribution is -1.90. The molecule has 0 aliphatic rings. The first-order valence-electron chi connectivity index (χ1n) is 4.58. The molecule has 2 N–H and O–H groups in total. The Morgan fingerprint density at radius 2 is 1.86 bits per heavy atom. The molecule has 1 aromatic carbocycles. The third-order valence-electron chi connectivity index (χ3n) is 1.95. The van der Waals surface area contributed by atoms with E-state index in [2.05, 4.69) is 6.58 Å². The van der Waals surface area contributed by atoms with E-state index in [1.165, 1.54) is 0 Å². The molecule has 72 valence electrons. The van der Waals surface area contributed by atoms with Crippen LogP contribution in [-0.4, -0.2) is 0 Å². The van der Waals surface area contributed by atoms with E-state index in [4.69, 9.17) is 5.73 Å². The van der Waals surface area contributed by atoms with Gasteiger partial charge in [0.2, 0.25) is 0 Å². The summed E-state index contributed by atoms with van der Waals surface area (Å²) < 4.78 is 0. The highest BCUT2D eigenvalue weighted by Gasteiger charge is 1.91. The van der Waals surface area contributed by atoms with Gasteiger partial charge in [-0.3, -0.25) is 0 Å². The van der Waals surface area contributed by atoms with Crippen LogP contribution in [-0.2, 0) is 0 Å². The fourth-order valence-electron chi connectivity index (χ4n) is 1.04. The Hall–Kier alpha value is -1.76. The predicted octanol–water partition coefficient (Wildman–Crippen LogP) is 3.12. The van der Waals surface area contributed by atoms with E-state index >= 15 is 0 Å². The summed E-state index contributed by atoms with van der Waals surface area (Å²) in [5, 5.41) is 0. The van der Waals surface area contributed by atoms with Crippen LogP contribution < -0.4 is 5.73 Å². The predicted molar refractivity (Wildman–Crippen MR) is 62.6 cm³/mol. The standard InChI is InChI=1S/C13H15N/c1-3-13(14)10-9-11(2)12-7-5-4-6-8-12/h3-10H,2,14H2,1H3/b10-9-,13-3+. The Balaban J connectivity index is 2.74. The van der Waals surface area contributed by atoms with Crippen LogP contribution in [0.2, 0.25) is 0 Å². The molecule has 0 radical (unpaired) electrons. The molecule has 0 saturated carbocycles. The first kappa shape index (κ1) is 10.3. The van der Waals surface area contributed by atoms with Gasteiger partial charge in [0.25, 0.3) is 0 Å². The average molecular weight is 185 g/mol. The summed E-state index contributed by atoms with van der Waals surface area (Å²) in [6.07, 6.45) is 5.63. The van der Waals surface area contributed by atoms with Gasteiger partial charge in [-0.1, -0.05) is 49.1 Å². The topological polar surface area (TPSA) is 26.0 Å². The average Bonchev–Trinajstić information content (AvgIpc) is 2.26. The van der Waals surface area contributed by atoms with Crippen LogP contribution in [0, 0.1) is 0 Å². The highest BCUT2D eigenvalue weighted by Crippen LogP contribution is 2.12. The SMILES string of the molecule is C=C(/C=C\C(N)=C/C)c1ccccc1. The van der Waals surface area contributed by atoms with E-state index < -0.39 is 0 Å². The largest absolute Gasteiger partial charge is 0.399 e. The molecule has 0 fully saturated rings. The van der Waals surface area contributed by atoms with Crippen molar-refractivity contribution < 1.29 is 0 Å². The Labute approximate surface area is 85.3 Å². The number of hydrogen-bond acceptors (Lipinski definition) is 1.